The van der Waals surface area contributed by atoms with Gasteiger partial charge in [-0.25, -0.2) is 4.79 Å². The van der Waals surface area contributed by atoms with E-state index in [4.69, 9.17) is 9.47 Å². The number of rotatable bonds is 3. The third-order valence-corrected chi connectivity index (χ3v) is 5.58. The Bertz CT molecular complexity index is 1360. The maximum absolute atomic E-state index is 12.7. The van der Waals surface area contributed by atoms with Gasteiger partial charge in [0.05, 0.1) is 17.2 Å². The van der Waals surface area contributed by atoms with E-state index >= 15 is 0 Å². The van der Waals surface area contributed by atoms with Crippen LogP contribution in [0.25, 0.3) is 11.0 Å². The molecular weight excluding hydrogens is 406 g/mol. The monoisotopic (exact) mass is 421 g/mol. The Balaban J connectivity index is 1.44. The number of aromatic nitrogens is 3. The normalized spacial score (nSPS) is 16.0. The van der Waals surface area contributed by atoms with Gasteiger partial charge in [-0.1, -0.05) is 35.6 Å². The topological polar surface area (TPSA) is 92.0 Å². The molecule has 5 rings (SSSR count). The fourth-order valence-electron chi connectivity index (χ4n) is 3.12. The van der Waals surface area contributed by atoms with Gasteiger partial charge in [0.2, 0.25) is 4.96 Å². The molecule has 1 aliphatic rings. The number of ether oxygens (including phenoxy) is 3. The first-order valence-electron chi connectivity index (χ1n) is 9.10. The van der Waals surface area contributed by atoms with Crippen molar-refractivity contribution in [2.45, 2.75) is 6.10 Å². The maximum atomic E-state index is 12.7. The molecule has 1 atom stereocenters. The van der Waals surface area contributed by atoms with Crippen molar-refractivity contribution in [1.29, 1.82) is 0 Å². The lowest BCUT2D eigenvalue weighted by Crippen LogP contribution is -2.26. The summed E-state index contributed by atoms with van der Waals surface area (Å²) < 4.78 is 18.1. The van der Waals surface area contributed by atoms with E-state index in [0.717, 1.165) is 5.56 Å². The zero-order chi connectivity index (χ0) is 20.7. The highest BCUT2D eigenvalue weighted by Crippen LogP contribution is 2.35. The van der Waals surface area contributed by atoms with E-state index in [9.17, 15) is 9.59 Å². The van der Waals surface area contributed by atoms with Gasteiger partial charge < -0.3 is 14.2 Å². The molecule has 0 saturated carbocycles. The lowest BCUT2D eigenvalue weighted by molar-refractivity contribution is 0.0600. The summed E-state index contributed by atoms with van der Waals surface area (Å²) in [7, 11) is 1.33. The van der Waals surface area contributed by atoms with E-state index in [-0.39, 0.29) is 12.2 Å². The maximum Gasteiger partial charge on any atom is 0.337 e. The molecule has 0 aliphatic carbocycles. The van der Waals surface area contributed by atoms with Crippen LogP contribution in [0.2, 0.25) is 0 Å². The molecule has 3 heterocycles. The molecule has 0 radical (unpaired) electrons. The number of benzene rings is 2. The Kier molecular flexibility index (Phi) is 4.44. The van der Waals surface area contributed by atoms with E-state index in [2.05, 4.69) is 14.8 Å². The summed E-state index contributed by atoms with van der Waals surface area (Å²) in [4.78, 5) is 29.2. The Labute approximate surface area is 174 Å². The molecule has 1 aliphatic heterocycles. The number of hydrogen-bond acceptors (Lipinski definition) is 8. The summed E-state index contributed by atoms with van der Waals surface area (Å²) in [6, 6.07) is 14.2. The third kappa shape index (κ3) is 3.18. The summed E-state index contributed by atoms with van der Waals surface area (Å²) in [5, 5.41) is 4.34. The minimum absolute atomic E-state index is 0.261. The number of para-hydroxylation sites is 2. The molecule has 0 saturated heterocycles. The predicted octanol–water partition coefficient (Wildman–Crippen LogP) is 2.00. The fourth-order valence-corrected chi connectivity index (χ4v) is 4.03. The molecular formula is C21H15N3O5S. The number of methoxy groups -OCH3 is 1. The summed E-state index contributed by atoms with van der Waals surface area (Å²) in [6.07, 6.45) is 1.25. The smallest absolute Gasteiger partial charge is 0.337 e. The fraction of sp³-hybridized carbons (Fsp3) is 0.143. The van der Waals surface area contributed by atoms with Gasteiger partial charge >= 0.3 is 5.97 Å². The Hall–Kier alpha value is -3.72. The molecule has 4 aromatic rings. The first kappa shape index (κ1) is 18.3. The highest BCUT2D eigenvalue weighted by molar-refractivity contribution is 7.15. The highest BCUT2D eigenvalue weighted by atomic mass is 32.1. The molecule has 2 aromatic heterocycles. The van der Waals surface area contributed by atoms with Crippen LogP contribution >= 0.6 is 11.3 Å². The zero-order valence-corrected chi connectivity index (χ0v) is 16.6. The number of thiazole rings is 1. The SMILES string of the molecule is COC(=O)c1ccc(/C=c2\sc3nc([C@@H]4COc5ccccc5O4)nn3c2=O)cc1. The number of esters is 1. The number of carbonyl (C=O) groups is 1. The summed E-state index contributed by atoms with van der Waals surface area (Å²) in [5.41, 5.74) is 0.966. The second-order valence-electron chi connectivity index (χ2n) is 6.56. The largest absolute Gasteiger partial charge is 0.485 e. The minimum Gasteiger partial charge on any atom is -0.485 e. The van der Waals surface area contributed by atoms with E-state index < -0.39 is 12.1 Å². The molecule has 0 amide bonds. The molecule has 0 unspecified atom stereocenters. The summed E-state index contributed by atoms with van der Waals surface area (Å²) >= 11 is 1.24. The Morgan fingerprint density at radius 3 is 2.70 bits per heavy atom. The molecule has 150 valence electrons. The van der Waals surface area contributed by atoms with E-state index in [1.807, 2.05) is 24.3 Å². The molecule has 8 nitrogen and oxygen atoms in total. The van der Waals surface area contributed by atoms with Crippen LogP contribution in [0.15, 0.2) is 53.3 Å². The van der Waals surface area contributed by atoms with Crippen LogP contribution < -0.4 is 19.6 Å². The van der Waals surface area contributed by atoms with Crippen molar-refractivity contribution in [2.24, 2.45) is 0 Å². The van der Waals surface area contributed by atoms with Crippen molar-refractivity contribution in [3.63, 3.8) is 0 Å². The number of hydrogen-bond donors (Lipinski definition) is 0. The van der Waals surface area contributed by atoms with Crippen LogP contribution in [0.3, 0.4) is 0 Å². The van der Waals surface area contributed by atoms with Crippen molar-refractivity contribution in [3.05, 3.63) is 80.4 Å². The number of carbonyl (C=O) groups excluding carboxylic acids is 1. The van der Waals surface area contributed by atoms with Gasteiger partial charge in [0.15, 0.2) is 23.4 Å². The van der Waals surface area contributed by atoms with Crippen LogP contribution in [-0.2, 0) is 4.74 Å². The van der Waals surface area contributed by atoms with Gasteiger partial charge in [0.25, 0.3) is 5.56 Å². The molecule has 30 heavy (non-hydrogen) atoms. The van der Waals surface area contributed by atoms with Crippen molar-refractivity contribution in [1.82, 2.24) is 14.6 Å². The second kappa shape index (κ2) is 7.27. The molecule has 2 aromatic carbocycles. The van der Waals surface area contributed by atoms with E-state index in [1.54, 1.807) is 30.3 Å². The Morgan fingerprint density at radius 1 is 1.20 bits per heavy atom. The van der Waals surface area contributed by atoms with Gasteiger partial charge in [0.1, 0.15) is 6.61 Å². The average molecular weight is 421 g/mol. The van der Waals surface area contributed by atoms with Crippen LogP contribution in [0.4, 0.5) is 0 Å². The number of nitrogens with zero attached hydrogens (tertiary/aromatic N) is 3. The lowest BCUT2D eigenvalue weighted by atomic mass is 10.1. The van der Waals surface area contributed by atoms with E-state index in [1.165, 1.54) is 23.0 Å². The molecule has 0 spiro atoms. The predicted molar refractivity (Wildman–Crippen MR) is 109 cm³/mol. The first-order chi connectivity index (χ1) is 14.6. The minimum atomic E-state index is -0.482. The van der Waals surface area contributed by atoms with Gasteiger partial charge in [0, 0.05) is 0 Å². The number of fused-ring (bicyclic) bond motifs is 2. The highest BCUT2D eigenvalue weighted by Gasteiger charge is 2.27. The lowest BCUT2D eigenvalue weighted by Gasteiger charge is -2.24. The standard InChI is InChI=1S/C21H15N3O5S/c1-27-20(26)13-8-6-12(7-9-13)10-17-19(25)24-21(30-17)22-18(23-24)16-11-28-14-4-2-3-5-15(14)29-16/h2-10,16H,11H2,1H3/b17-10-/t16-/m0/s1. The van der Waals surface area contributed by atoms with Crippen molar-refractivity contribution >= 4 is 28.3 Å². The second-order valence-corrected chi connectivity index (χ2v) is 7.57. The van der Waals surface area contributed by atoms with Crippen LogP contribution in [0, 0.1) is 0 Å². The average Bonchev–Trinajstić information content (AvgIpc) is 3.33. The van der Waals surface area contributed by atoms with Gasteiger partial charge in [-0.05, 0) is 35.9 Å². The quantitative estimate of drug-likeness (QED) is 0.467. The van der Waals surface area contributed by atoms with Crippen LogP contribution in [0.5, 0.6) is 11.5 Å². The Morgan fingerprint density at radius 2 is 1.97 bits per heavy atom. The van der Waals surface area contributed by atoms with Crippen molar-refractivity contribution in [3.8, 4) is 11.5 Å². The van der Waals surface area contributed by atoms with Gasteiger partial charge in [-0.3, -0.25) is 4.79 Å². The molecule has 9 heteroatoms. The van der Waals surface area contributed by atoms with Crippen molar-refractivity contribution < 1.29 is 19.0 Å². The van der Waals surface area contributed by atoms with Gasteiger partial charge in [-0.15, -0.1) is 5.10 Å². The zero-order valence-electron chi connectivity index (χ0n) is 15.8. The summed E-state index contributed by atoms with van der Waals surface area (Å²) in [5.74, 6) is 1.30. The van der Waals surface area contributed by atoms with Gasteiger partial charge in [-0.2, -0.15) is 9.50 Å². The van der Waals surface area contributed by atoms with E-state index in [0.29, 0.717) is 32.4 Å². The summed E-state index contributed by atoms with van der Waals surface area (Å²) in [6.45, 7) is 0.272. The third-order valence-electron chi connectivity index (χ3n) is 4.62. The molecule has 0 N–H and O–H groups in total. The molecule has 0 bridgehead atoms. The molecule has 0 fully saturated rings. The van der Waals surface area contributed by atoms with Crippen molar-refractivity contribution in [2.75, 3.05) is 13.7 Å². The van der Waals surface area contributed by atoms with Crippen LogP contribution in [-0.4, -0.2) is 34.3 Å². The van der Waals surface area contributed by atoms with Crippen LogP contribution in [0.1, 0.15) is 27.8 Å². The first-order valence-corrected chi connectivity index (χ1v) is 9.92.